The average Bonchev–Trinajstić information content (AvgIpc) is 3.23. The zero-order valence-electron chi connectivity index (χ0n) is 22.2. The number of piperazine rings is 1. The van der Waals surface area contributed by atoms with E-state index in [9.17, 15) is 14.7 Å². The van der Waals surface area contributed by atoms with Crippen LogP contribution in [0.5, 0.6) is 0 Å². The number of likely N-dealkylation sites (N-methyl/N-ethyl adjacent to an activating group) is 1. The number of Topliss-reactive ketones (excluding diaryl/α,β-unsaturated/α-hetero) is 1. The van der Waals surface area contributed by atoms with Crippen LogP contribution in [-0.4, -0.2) is 54.9 Å². The lowest BCUT2D eigenvalue weighted by Gasteiger charge is -2.34. The summed E-state index contributed by atoms with van der Waals surface area (Å²) in [6, 6.07) is 28.2. The van der Waals surface area contributed by atoms with E-state index in [0.29, 0.717) is 11.3 Å². The van der Waals surface area contributed by atoms with Gasteiger partial charge in [-0.05, 0) is 54.6 Å². The molecule has 2 fully saturated rings. The van der Waals surface area contributed by atoms with Gasteiger partial charge in [-0.1, -0.05) is 72.3 Å². The first-order valence-corrected chi connectivity index (χ1v) is 13.3. The third-order valence-electron chi connectivity index (χ3n) is 7.84. The summed E-state index contributed by atoms with van der Waals surface area (Å²) in [4.78, 5) is 33.4. The number of carbonyl (C=O) groups excluding carboxylic acids is 2. The molecule has 2 heterocycles. The number of hydrogen-bond acceptors (Lipinski definition) is 5. The SMILES string of the molecule is Cc1cccc(C2/C(=C(/O)c3cccc4ccccc34)C(=O)C(=O)N2c2ccc(N3CCN(C)CC3)cc2)c1. The van der Waals surface area contributed by atoms with Crippen LogP contribution in [0.15, 0.2) is 96.6 Å². The van der Waals surface area contributed by atoms with Gasteiger partial charge in [0.15, 0.2) is 0 Å². The van der Waals surface area contributed by atoms with Crippen molar-refractivity contribution in [1.82, 2.24) is 4.90 Å². The summed E-state index contributed by atoms with van der Waals surface area (Å²) in [5.41, 5.74) is 4.14. The summed E-state index contributed by atoms with van der Waals surface area (Å²) >= 11 is 0. The number of ketones is 1. The van der Waals surface area contributed by atoms with Crippen LogP contribution in [0.2, 0.25) is 0 Å². The number of anilines is 2. The number of amides is 1. The second kappa shape index (κ2) is 10.0. The number of nitrogens with zero attached hydrogens (tertiary/aromatic N) is 3. The van der Waals surface area contributed by atoms with E-state index in [2.05, 4.69) is 16.8 Å². The molecule has 4 aromatic rings. The molecule has 0 aliphatic carbocycles. The number of aliphatic hydroxyl groups excluding tert-OH is 1. The van der Waals surface area contributed by atoms with Gasteiger partial charge in [-0.3, -0.25) is 14.5 Å². The third-order valence-corrected chi connectivity index (χ3v) is 7.84. The number of rotatable bonds is 4. The highest BCUT2D eigenvalue weighted by molar-refractivity contribution is 6.51. The normalized spacial score (nSPS) is 19.7. The van der Waals surface area contributed by atoms with Crippen LogP contribution < -0.4 is 9.80 Å². The van der Waals surface area contributed by atoms with E-state index in [0.717, 1.165) is 53.8 Å². The summed E-state index contributed by atoms with van der Waals surface area (Å²) < 4.78 is 0. The Bertz CT molecular complexity index is 1600. The number of hydrogen-bond donors (Lipinski definition) is 1. The Hall–Kier alpha value is -4.42. The van der Waals surface area contributed by atoms with Crippen LogP contribution in [0.25, 0.3) is 16.5 Å². The molecule has 2 aliphatic rings. The molecule has 6 heteroatoms. The number of benzene rings is 4. The highest BCUT2D eigenvalue weighted by Gasteiger charge is 2.47. The molecule has 39 heavy (non-hydrogen) atoms. The molecular weight excluding hydrogens is 486 g/mol. The van der Waals surface area contributed by atoms with Gasteiger partial charge in [-0.2, -0.15) is 0 Å². The minimum absolute atomic E-state index is 0.102. The summed E-state index contributed by atoms with van der Waals surface area (Å²) in [6.07, 6.45) is 0. The van der Waals surface area contributed by atoms with E-state index in [4.69, 9.17) is 0 Å². The second-order valence-electron chi connectivity index (χ2n) is 10.4. The first-order chi connectivity index (χ1) is 18.9. The maximum absolute atomic E-state index is 13.6. The smallest absolute Gasteiger partial charge is 0.300 e. The van der Waals surface area contributed by atoms with Gasteiger partial charge in [-0.25, -0.2) is 0 Å². The molecule has 0 aromatic heterocycles. The molecular formula is C33H31N3O3. The number of aliphatic hydroxyl groups is 1. The number of aryl methyl sites for hydroxylation is 1. The summed E-state index contributed by atoms with van der Waals surface area (Å²) in [5, 5.41) is 13.4. The van der Waals surface area contributed by atoms with Crippen LogP contribution in [0.4, 0.5) is 11.4 Å². The lowest BCUT2D eigenvalue weighted by Crippen LogP contribution is -2.44. The molecule has 1 atom stereocenters. The van der Waals surface area contributed by atoms with Crippen LogP contribution in [0, 0.1) is 6.92 Å². The largest absolute Gasteiger partial charge is 0.507 e. The molecule has 1 amide bonds. The topological polar surface area (TPSA) is 64.1 Å². The fraction of sp³-hybridized carbons (Fsp3) is 0.212. The summed E-state index contributed by atoms with van der Waals surface area (Å²) in [5.74, 6) is -1.49. The van der Waals surface area contributed by atoms with Gasteiger partial charge < -0.3 is 14.9 Å². The van der Waals surface area contributed by atoms with E-state index in [1.807, 2.05) is 91.9 Å². The van der Waals surface area contributed by atoms with Crippen molar-refractivity contribution in [3.8, 4) is 0 Å². The fourth-order valence-electron chi connectivity index (χ4n) is 5.72. The quantitative estimate of drug-likeness (QED) is 0.219. The van der Waals surface area contributed by atoms with Gasteiger partial charge in [0.2, 0.25) is 0 Å². The van der Waals surface area contributed by atoms with Gasteiger partial charge >= 0.3 is 0 Å². The molecule has 196 valence electrons. The minimum atomic E-state index is -0.752. The molecule has 0 saturated carbocycles. The first-order valence-electron chi connectivity index (χ1n) is 13.3. The molecule has 4 aromatic carbocycles. The molecule has 2 saturated heterocycles. The van der Waals surface area contributed by atoms with Gasteiger partial charge in [0.25, 0.3) is 11.7 Å². The van der Waals surface area contributed by atoms with Crippen molar-refractivity contribution in [2.75, 3.05) is 43.0 Å². The lowest BCUT2D eigenvalue weighted by atomic mass is 9.92. The van der Waals surface area contributed by atoms with Crippen molar-refractivity contribution >= 4 is 39.6 Å². The Morgan fingerprint density at radius 1 is 0.795 bits per heavy atom. The highest BCUT2D eigenvalue weighted by atomic mass is 16.3. The van der Waals surface area contributed by atoms with Crippen molar-refractivity contribution < 1.29 is 14.7 Å². The Labute approximate surface area is 228 Å². The van der Waals surface area contributed by atoms with Crippen LogP contribution in [-0.2, 0) is 9.59 Å². The predicted molar refractivity (Wildman–Crippen MR) is 156 cm³/mol. The molecule has 0 bridgehead atoms. The molecule has 1 unspecified atom stereocenters. The van der Waals surface area contributed by atoms with E-state index in [-0.39, 0.29) is 11.3 Å². The molecule has 0 radical (unpaired) electrons. The molecule has 2 aliphatic heterocycles. The maximum atomic E-state index is 13.6. The first kappa shape index (κ1) is 24.9. The van der Waals surface area contributed by atoms with Gasteiger partial charge in [0.05, 0.1) is 11.6 Å². The zero-order chi connectivity index (χ0) is 27.1. The maximum Gasteiger partial charge on any atom is 0.300 e. The van der Waals surface area contributed by atoms with Crippen molar-refractivity contribution in [2.45, 2.75) is 13.0 Å². The van der Waals surface area contributed by atoms with E-state index < -0.39 is 17.7 Å². The standard InChI is InChI=1S/C33H31N3O3/c1-22-7-5-10-24(21-22)30-29(31(37)28-12-6-9-23-8-3-4-11-27(23)28)32(38)33(39)36(30)26-15-13-25(14-16-26)35-19-17-34(2)18-20-35/h3-16,21,30,37H,17-20H2,1-2H3/b31-29-. The number of fused-ring (bicyclic) bond motifs is 1. The summed E-state index contributed by atoms with van der Waals surface area (Å²) in [7, 11) is 2.13. The van der Waals surface area contributed by atoms with Crippen molar-refractivity contribution in [3.63, 3.8) is 0 Å². The second-order valence-corrected chi connectivity index (χ2v) is 10.4. The van der Waals surface area contributed by atoms with E-state index in [1.54, 1.807) is 6.07 Å². The Morgan fingerprint density at radius 2 is 1.46 bits per heavy atom. The molecule has 6 rings (SSSR count). The molecule has 1 N–H and O–H groups in total. The highest BCUT2D eigenvalue weighted by Crippen LogP contribution is 2.43. The fourth-order valence-corrected chi connectivity index (χ4v) is 5.72. The Morgan fingerprint density at radius 3 is 2.21 bits per heavy atom. The monoisotopic (exact) mass is 517 g/mol. The van der Waals surface area contributed by atoms with Gasteiger partial charge in [0, 0.05) is 43.1 Å². The van der Waals surface area contributed by atoms with E-state index in [1.165, 1.54) is 4.90 Å². The average molecular weight is 518 g/mol. The van der Waals surface area contributed by atoms with Crippen LogP contribution >= 0.6 is 0 Å². The van der Waals surface area contributed by atoms with Gasteiger partial charge in [0.1, 0.15) is 5.76 Å². The zero-order valence-corrected chi connectivity index (χ0v) is 22.2. The predicted octanol–water partition coefficient (Wildman–Crippen LogP) is 5.53. The third kappa shape index (κ3) is 4.47. The summed E-state index contributed by atoms with van der Waals surface area (Å²) in [6.45, 7) is 5.85. The number of carbonyl (C=O) groups is 2. The van der Waals surface area contributed by atoms with E-state index >= 15 is 0 Å². The van der Waals surface area contributed by atoms with Gasteiger partial charge in [-0.15, -0.1) is 0 Å². The van der Waals surface area contributed by atoms with Crippen molar-refractivity contribution in [2.24, 2.45) is 0 Å². The van der Waals surface area contributed by atoms with Crippen LogP contribution in [0.1, 0.15) is 22.7 Å². The lowest BCUT2D eigenvalue weighted by molar-refractivity contribution is -0.132. The van der Waals surface area contributed by atoms with Crippen molar-refractivity contribution in [3.05, 3.63) is 113 Å². The Kier molecular flexibility index (Phi) is 6.41. The van der Waals surface area contributed by atoms with Crippen LogP contribution in [0.3, 0.4) is 0 Å². The minimum Gasteiger partial charge on any atom is -0.507 e. The van der Waals surface area contributed by atoms with Crippen molar-refractivity contribution in [1.29, 1.82) is 0 Å². The molecule has 0 spiro atoms. The molecule has 6 nitrogen and oxygen atoms in total. The Balaban J connectivity index is 1.47.